The van der Waals surface area contributed by atoms with E-state index in [1.54, 1.807) is 0 Å². The fraction of sp³-hybridized carbons (Fsp3) is 0.615. The number of rotatable bonds is 2. The number of pyridine rings is 1. The standard InChI is InChI=1S/C13H17F3N2/c14-13(15,16)10-3-6-12(18-8-10)7-9-1-4-11(17)5-2-9/h3,6,8-9,11H,1-2,4-5,7,17H2. The van der Waals surface area contributed by atoms with Crippen LogP contribution in [-0.2, 0) is 12.6 Å². The predicted octanol–water partition coefficient (Wildman–Crippen LogP) is 3.16. The maximum absolute atomic E-state index is 12.4. The van der Waals surface area contributed by atoms with Gasteiger partial charge in [-0.05, 0) is 50.2 Å². The molecule has 0 saturated heterocycles. The molecule has 1 aliphatic carbocycles. The average Bonchev–Trinajstić information content (AvgIpc) is 2.32. The molecule has 0 atom stereocenters. The summed E-state index contributed by atoms with van der Waals surface area (Å²) in [5.41, 5.74) is 5.87. The minimum atomic E-state index is -4.30. The number of hydrogen-bond acceptors (Lipinski definition) is 2. The monoisotopic (exact) mass is 258 g/mol. The molecule has 0 spiro atoms. The molecular weight excluding hydrogens is 241 g/mol. The molecular formula is C13H17F3N2. The van der Waals surface area contributed by atoms with Crippen molar-refractivity contribution in [1.82, 2.24) is 4.98 Å². The summed E-state index contributed by atoms with van der Waals surface area (Å²) in [7, 11) is 0. The third-order valence-corrected chi connectivity index (χ3v) is 3.54. The lowest BCUT2D eigenvalue weighted by molar-refractivity contribution is -0.137. The van der Waals surface area contributed by atoms with Gasteiger partial charge in [-0.15, -0.1) is 0 Å². The third-order valence-electron chi connectivity index (χ3n) is 3.54. The Morgan fingerprint density at radius 3 is 2.33 bits per heavy atom. The van der Waals surface area contributed by atoms with Crippen molar-refractivity contribution in [3.8, 4) is 0 Å². The molecule has 1 aromatic heterocycles. The van der Waals surface area contributed by atoms with Crippen molar-refractivity contribution in [2.45, 2.75) is 44.3 Å². The lowest BCUT2D eigenvalue weighted by Crippen LogP contribution is -2.27. The Hall–Kier alpha value is -1.10. The van der Waals surface area contributed by atoms with Gasteiger partial charge < -0.3 is 5.73 Å². The van der Waals surface area contributed by atoms with Crippen LogP contribution in [0.2, 0.25) is 0 Å². The summed E-state index contributed by atoms with van der Waals surface area (Å²) < 4.78 is 37.1. The molecule has 18 heavy (non-hydrogen) atoms. The van der Waals surface area contributed by atoms with Gasteiger partial charge in [0.1, 0.15) is 0 Å². The van der Waals surface area contributed by atoms with Gasteiger partial charge in [-0.2, -0.15) is 13.2 Å². The highest BCUT2D eigenvalue weighted by Gasteiger charge is 2.30. The molecule has 0 aromatic carbocycles. The summed E-state index contributed by atoms with van der Waals surface area (Å²) in [5.74, 6) is 0.508. The van der Waals surface area contributed by atoms with Crippen LogP contribution in [0.25, 0.3) is 0 Å². The van der Waals surface area contributed by atoms with E-state index < -0.39 is 11.7 Å². The predicted molar refractivity (Wildman–Crippen MR) is 62.9 cm³/mol. The van der Waals surface area contributed by atoms with E-state index >= 15 is 0 Å². The lowest BCUT2D eigenvalue weighted by atomic mass is 9.84. The summed E-state index contributed by atoms with van der Waals surface area (Å²) in [5, 5.41) is 0. The summed E-state index contributed by atoms with van der Waals surface area (Å²) >= 11 is 0. The van der Waals surface area contributed by atoms with Crippen molar-refractivity contribution in [3.05, 3.63) is 29.6 Å². The van der Waals surface area contributed by atoms with E-state index in [0.29, 0.717) is 12.0 Å². The van der Waals surface area contributed by atoms with Gasteiger partial charge in [0.2, 0.25) is 0 Å². The maximum Gasteiger partial charge on any atom is 0.417 e. The molecule has 1 aliphatic rings. The Labute approximate surface area is 104 Å². The van der Waals surface area contributed by atoms with Crippen molar-refractivity contribution in [2.75, 3.05) is 0 Å². The molecule has 2 nitrogen and oxygen atoms in total. The summed E-state index contributed by atoms with van der Waals surface area (Å²) in [6.07, 6.45) is 1.47. The van der Waals surface area contributed by atoms with Gasteiger partial charge in [0.25, 0.3) is 0 Å². The first-order valence-corrected chi connectivity index (χ1v) is 6.23. The summed E-state index contributed by atoms with van der Waals surface area (Å²) in [6, 6.07) is 2.88. The number of halogens is 3. The number of hydrogen-bond donors (Lipinski definition) is 1. The zero-order valence-corrected chi connectivity index (χ0v) is 10.1. The first-order valence-electron chi connectivity index (χ1n) is 6.23. The van der Waals surface area contributed by atoms with E-state index in [0.717, 1.165) is 50.1 Å². The van der Waals surface area contributed by atoms with Gasteiger partial charge in [0.15, 0.2) is 0 Å². The zero-order valence-electron chi connectivity index (χ0n) is 10.1. The first kappa shape index (κ1) is 13.3. The molecule has 2 N–H and O–H groups in total. The van der Waals surface area contributed by atoms with Gasteiger partial charge in [-0.25, -0.2) is 0 Å². The molecule has 0 radical (unpaired) electrons. The van der Waals surface area contributed by atoms with E-state index in [1.165, 1.54) is 6.07 Å². The number of aromatic nitrogens is 1. The number of alkyl halides is 3. The molecule has 1 heterocycles. The molecule has 1 aromatic rings. The molecule has 0 unspecified atom stereocenters. The van der Waals surface area contributed by atoms with Crippen LogP contribution in [0, 0.1) is 5.92 Å². The van der Waals surface area contributed by atoms with Crippen LogP contribution >= 0.6 is 0 Å². The van der Waals surface area contributed by atoms with Crippen LogP contribution in [0.4, 0.5) is 13.2 Å². The Kier molecular flexibility index (Phi) is 3.90. The van der Waals surface area contributed by atoms with Crippen molar-refractivity contribution < 1.29 is 13.2 Å². The Morgan fingerprint density at radius 1 is 1.17 bits per heavy atom. The van der Waals surface area contributed by atoms with E-state index in [2.05, 4.69) is 4.98 Å². The zero-order chi connectivity index (χ0) is 13.2. The molecule has 2 rings (SSSR count). The van der Waals surface area contributed by atoms with Crippen LogP contribution in [0.5, 0.6) is 0 Å². The minimum absolute atomic E-state index is 0.293. The van der Waals surface area contributed by atoms with Crippen LogP contribution in [-0.4, -0.2) is 11.0 Å². The second-order valence-corrected chi connectivity index (χ2v) is 5.02. The van der Waals surface area contributed by atoms with Crippen molar-refractivity contribution in [1.29, 1.82) is 0 Å². The average molecular weight is 258 g/mol. The first-order chi connectivity index (χ1) is 8.45. The topological polar surface area (TPSA) is 38.9 Å². The van der Waals surface area contributed by atoms with Crippen molar-refractivity contribution >= 4 is 0 Å². The molecule has 0 amide bonds. The molecule has 0 bridgehead atoms. The largest absolute Gasteiger partial charge is 0.417 e. The Bertz CT molecular complexity index is 378. The second kappa shape index (κ2) is 5.26. The number of nitrogens with two attached hydrogens (primary N) is 1. The number of nitrogens with zero attached hydrogens (tertiary/aromatic N) is 1. The molecule has 0 aliphatic heterocycles. The Morgan fingerprint density at radius 2 is 1.83 bits per heavy atom. The Balaban J connectivity index is 1.94. The third kappa shape index (κ3) is 3.45. The van der Waals surface area contributed by atoms with Crippen molar-refractivity contribution in [3.63, 3.8) is 0 Å². The van der Waals surface area contributed by atoms with Crippen LogP contribution in [0.1, 0.15) is 36.9 Å². The van der Waals surface area contributed by atoms with Crippen LogP contribution in [0.3, 0.4) is 0 Å². The van der Waals surface area contributed by atoms with E-state index in [4.69, 9.17) is 5.73 Å². The van der Waals surface area contributed by atoms with Gasteiger partial charge in [-0.1, -0.05) is 0 Å². The van der Waals surface area contributed by atoms with Gasteiger partial charge in [0.05, 0.1) is 5.56 Å². The SMILES string of the molecule is NC1CCC(Cc2ccc(C(F)(F)F)cn2)CC1. The van der Waals surface area contributed by atoms with E-state index in [1.807, 2.05) is 0 Å². The molecule has 1 saturated carbocycles. The maximum atomic E-state index is 12.4. The summed E-state index contributed by atoms with van der Waals surface area (Å²) in [4.78, 5) is 3.91. The molecule has 100 valence electrons. The summed E-state index contributed by atoms with van der Waals surface area (Å²) in [6.45, 7) is 0. The molecule has 1 fully saturated rings. The van der Waals surface area contributed by atoms with Gasteiger partial charge in [-0.3, -0.25) is 4.98 Å². The van der Waals surface area contributed by atoms with E-state index in [9.17, 15) is 13.2 Å². The van der Waals surface area contributed by atoms with Crippen LogP contribution in [0.15, 0.2) is 18.3 Å². The highest BCUT2D eigenvalue weighted by molar-refractivity contribution is 5.17. The van der Waals surface area contributed by atoms with E-state index in [-0.39, 0.29) is 0 Å². The highest BCUT2D eigenvalue weighted by Crippen LogP contribution is 2.29. The highest BCUT2D eigenvalue weighted by atomic mass is 19.4. The molecule has 5 heteroatoms. The minimum Gasteiger partial charge on any atom is -0.328 e. The fourth-order valence-corrected chi connectivity index (χ4v) is 2.40. The van der Waals surface area contributed by atoms with Gasteiger partial charge >= 0.3 is 6.18 Å². The lowest BCUT2D eigenvalue weighted by Gasteiger charge is -2.25. The van der Waals surface area contributed by atoms with Crippen molar-refractivity contribution in [2.24, 2.45) is 11.7 Å². The fourth-order valence-electron chi connectivity index (χ4n) is 2.40. The smallest absolute Gasteiger partial charge is 0.328 e. The quantitative estimate of drug-likeness (QED) is 0.885. The second-order valence-electron chi connectivity index (χ2n) is 5.02. The van der Waals surface area contributed by atoms with Gasteiger partial charge in [0, 0.05) is 17.9 Å². The van der Waals surface area contributed by atoms with Crippen LogP contribution < -0.4 is 5.73 Å². The normalized spacial score (nSPS) is 25.1.